The maximum absolute atomic E-state index is 11.4. The lowest BCUT2D eigenvalue weighted by Gasteiger charge is -2.34. The van der Waals surface area contributed by atoms with E-state index in [1.54, 1.807) is 18.3 Å². The van der Waals surface area contributed by atoms with Crippen molar-refractivity contribution >= 4 is 23.0 Å². The van der Waals surface area contributed by atoms with Crippen LogP contribution in [-0.2, 0) is 0 Å². The molecule has 1 aromatic heterocycles. The van der Waals surface area contributed by atoms with Gasteiger partial charge in [0.15, 0.2) is 5.69 Å². The van der Waals surface area contributed by atoms with Crippen molar-refractivity contribution < 1.29 is 4.79 Å². The Hall–Kier alpha value is -2.60. The molecule has 1 saturated heterocycles. The summed E-state index contributed by atoms with van der Waals surface area (Å²) in [6, 6.07) is 11.8. The highest BCUT2D eigenvalue weighted by Crippen LogP contribution is 2.23. The molecule has 0 radical (unpaired) electrons. The van der Waals surface area contributed by atoms with Crippen LogP contribution in [-0.4, -0.2) is 49.0 Å². The zero-order chi connectivity index (χ0) is 16.2. The Bertz CT molecular complexity index is 678. The van der Waals surface area contributed by atoms with Crippen LogP contribution >= 0.6 is 0 Å². The van der Waals surface area contributed by atoms with Crippen LogP contribution in [0.2, 0.25) is 0 Å². The maximum atomic E-state index is 11.4. The van der Waals surface area contributed by atoms with E-state index in [9.17, 15) is 4.79 Å². The van der Waals surface area contributed by atoms with Gasteiger partial charge in [-0.2, -0.15) is 0 Å². The van der Waals surface area contributed by atoms with Gasteiger partial charge in [-0.3, -0.25) is 4.79 Å². The lowest BCUT2D eigenvalue weighted by Crippen LogP contribution is -2.44. The SMILES string of the molecule is CN1CCN(c2ccc(Nc3cccnc3C(N)=O)cc2)CC1. The number of anilines is 3. The molecule has 1 aliphatic heterocycles. The Morgan fingerprint density at radius 3 is 2.48 bits per heavy atom. The summed E-state index contributed by atoms with van der Waals surface area (Å²) in [4.78, 5) is 20.1. The lowest BCUT2D eigenvalue weighted by atomic mass is 10.2. The van der Waals surface area contributed by atoms with Gasteiger partial charge in [-0.25, -0.2) is 4.98 Å². The van der Waals surface area contributed by atoms with E-state index in [-0.39, 0.29) is 5.69 Å². The van der Waals surface area contributed by atoms with Crippen molar-refractivity contribution in [3.63, 3.8) is 0 Å². The van der Waals surface area contributed by atoms with E-state index in [1.165, 1.54) is 5.69 Å². The molecule has 0 spiro atoms. The summed E-state index contributed by atoms with van der Waals surface area (Å²) >= 11 is 0. The van der Waals surface area contributed by atoms with Crippen molar-refractivity contribution in [3.8, 4) is 0 Å². The number of amides is 1. The molecule has 0 saturated carbocycles. The van der Waals surface area contributed by atoms with Gasteiger partial charge in [0, 0.05) is 43.8 Å². The molecule has 3 rings (SSSR count). The predicted molar refractivity (Wildman–Crippen MR) is 92.2 cm³/mol. The van der Waals surface area contributed by atoms with Crippen LogP contribution in [0.1, 0.15) is 10.5 Å². The number of primary amides is 1. The number of likely N-dealkylation sites (N-methyl/N-ethyl adjacent to an activating group) is 1. The molecule has 2 aromatic rings. The first kappa shape index (κ1) is 15.3. The molecule has 6 heteroatoms. The Morgan fingerprint density at radius 2 is 1.83 bits per heavy atom. The summed E-state index contributed by atoms with van der Waals surface area (Å²) in [6.07, 6.45) is 1.56. The van der Waals surface area contributed by atoms with Gasteiger partial charge in [-0.15, -0.1) is 0 Å². The number of carbonyl (C=O) groups excluding carboxylic acids is 1. The average molecular weight is 311 g/mol. The molecule has 1 aliphatic rings. The number of rotatable bonds is 4. The van der Waals surface area contributed by atoms with Crippen molar-refractivity contribution in [2.75, 3.05) is 43.4 Å². The van der Waals surface area contributed by atoms with E-state index in [0.717, 1.165) is 31.9 Å². The average Bonchev–Trinajstić information content (AvgIpc) is 2.57. The fraction of sp³-hybridized carbons (Fsp3) is 0.294. The van der Waals surface area contributed by atoms with Gasteiger partial charge < -0.3 is 20.9 Å². The van der Waals surface area contributed by atoms with E-state index >= 15 is 0 Å². The Morgan fingerprint density at radius 1 is 1.13 bits per heavy atom. The van der Waals surface area contributed by atoms with Crippen LogP contribution in [0.15, 0.2) is 42.6 Å². The third kappa shape index (κ3) is 3.60. The second-order valence-corrected chi connectivity index (χ2v) is 5.73. The van der Waals surface area contributed by atoms with E-state index < -0.39 is 5.91 Å². The summed E-state index contributed by atoms with van der Waals surface area (Å²) in [6.45, 7) is 4.24. The monoisotopic (exact) mass is 311 g/mol. The first-order valence-electron chi connectivity index (χ1n) is 7.69. The van der Waals surface area contributed by atoms with E-state index in [4.69, 9.17) is 5.73 Å². The number of hydrogen-bond acceptors (Lipinski definition) is 5. The minimum atomic E-state index is -0.540. The number of carbonyl (C=O) groups is 1. The summed E-state index contributed by atoms with van der Waals surface area (Å²) in [5, 5.41) is 3.20. The van der Waals surface area contributed by atoms with Crippen LogP contribution in [0.4, 0.5) is 17.1 Å². The Kier molecular flexibility index (Phi) is 4.43. The second-order valence-electron chi connectivity index (χ2n) is 5.73. The van der Waals surface area contributed by atoms with Crippen molar-refractivity contribution in [1.82, 2.24) is 9.88 Å². The number of nitrogens with two attached hydrogens (primary N) is 1. The summed E-state index contributed by atoms with van der Waals surface area (Å²) < 4.78 is 0. The van der Waals surface area contributed by atoms with Crippen LogP contribution in [0, 0.1) is 0 Å². The zero-order valence-corrected chi connectivity index (χ0v) is 13.2. The number of nitrogens with zero attached hydrogens (tertiary/aromatic N) is 3. The largest absolute Gasteiger partial charge is 0.369 e. The minimum Gasteiger partial charge on any atom is -0.369 e. The first-order chi connectivity index (χ1) is 11.1. The molecule has 0 unspecified atom stereocenters. The lowest BCUT2D eigenvalue weighted by molar-refractivity contribution is 0.0996. The fourth-order valence-corrected chi connectivity index (χ4v) is 2.68. The van der Waals surface area contributed by atoms with Crippen molar-refractivity contribution in [2.45, 2.75) is 0 Å². The van der Waals surface area contributed by atoms with Gasteiger partial charge in [0.25, 0.3) is 5.91 Å². The van der Waals surface area contributed by atoms with Gasteiger partial charge in [-0.1, -0.05) is 0 Å². The number of nitrogens with one attached hydrogen (secondary N) is 1. The fourth-order valence-electron chi connectivity index (χ4n) is 2.68. The zero-order valence-electron chi connectivity index (χ0n) is 13.2. The summed E-state index contributed by atoms with van der Waals surface area (Å²) in [5.74, 6) is -0.540. The highest BCUT2D eigenvalue weighted by molar-refractivity contribution is 5.97. The molecule has 1 aromatic carbocycles. The van der Waals surface area contributed by atoms with Crippen LogP contribution in [0.25, 0.3) is 0 Å². The molecule has 1 amide bonds. The Labute approximate surface area is 135 Å². The summed E-state index contributed by atoms with van der Waals surface area (Å²) in [5.41, 5.74) is 8.33. The molecule has 3 N–H and O–H groups in total. The van der Waals surface area contributed by atoms with Gasteiger partial charge in [-0.05, 0) is 43.4 Å². The van der Waals surface area contributed by atoms with Crippen LogP contribution in [0.3, 0.4) is 0 Å². The van der Waals surface area contributed by atoms with Gasteiger partial charge in [0.2, 0.25) is 0 Å². The minimum absolute atomic E-state index is 0.246. The number of piperazine rings is 1. The van der Waals surface area contributed by atoms with E-state index in [0.29, 0.717) is 5.69 Å². The standard InChI is InChI=1S/C17H21N5O/c1-21-9-11-22(12-10-21)14-6-4-13(5-7-14)20-15-3-2-8-19-16(15)17(18)23/h2-8,20H,9-12H2,1H3,(H2,18,23). The van der Waals surface area contributed by atoms with Gasteiger partial charge in [0.05, 0.1) is 5.69 Å². The quantitative estimate of drug-likeness (QED) is 0.898. The van der Waals surface area contributed by atoms with Crippen LogP contribution in [0.5, 0.6) is 0 Å². The highest BCUT2D eigenvalue weighted by atomic mass is 16.1. The number of aromatic nitrogens is 1. The van der Waals surface area contributed by atoms with Crippen LogP contribution < -0.4 is 16.0 Å². The molecule has 23 heavy (non-hydrogen) atoms. The van der Waals surface area contributed by atoms with Crippen molar-refractivity contribution in [3.05, 3.63) is 48.3 Å². The predicted octanol–water partition coefficient (Wildman–Crippen LogP) is 1.68. The third-order valence-corrected chi connectivity index (χ3v) is 4.06. The topological polar surface area (TPSA) is 74.5 Å². The number of pyridine rings is 1. The number of benzene rings is 1. The molecular formula is C17H21N5O. The third-order valence-electron chi connectivity index (χ3n) is 4.06. The number of hydrogen-bond donors (Lipinski definition) is 2. The highest BCUT2D eigenvalue weighted by Gasteiger charge is 2.14. The van der Waals surface area contributed by atoms with Gasteiger partial charge in [0.1, 0.15) is 0 Å². The van der Waals surface area contributed by atoms with Gasteiger partial charge >= 0.3 is 0 Å². The maximum Gasteiger partial charge on any atom is 0.269 e. The normalized spacial score (nSPS) is 15.4. The molecule has 120 valence electrons. The second kappa shape index (κ2) is 6.66. The van der Waals surface area contributed by atoms with E-state index in [1.807, 2.05) is 12.1 Å². The molecular weight excluding hydrogens is 290 g/mol. The molecule has 6 nitrogen and oxygen atoms in total. The Balaban J connectivity index is 1.72. The van der Waals surface area contributed by atoms with E-state index in [2.05, 4.69) is 39.3 Å². The smallest absolute Gasteiger partial charge is 0.269 e. The van der Waals surface area contributed by atoms with Crippen molar-refractivity contribution in [2.24, 2.45) is 5.73 Å². The molecule has 0 bridgehead atoms. The molecule has 0 aliphatic carbocycles. The first-order valence-corrected chi connectivity index (χ1v) is 7.69. The molecule has 1 fully saturated rings. The van der Waals surface area contributed by atoms with Crippen molar-refractivity contribution in [1.29, 1.82) is 0 Å². The molecule has 0 atom stereocenters. The molecule has 2 heterocycles. The summed E-state index contributed by atoms with van der Waals surface area (Å²) in [7, 11) is 2.15.